The zero-order valence-electron chi connectivity index (χ0n) is 48.2. The fourth-order valence-electron chi connectivity index (χ4n) is 11.3. The largest absolute Gasteiger partial charge is 0.309 e. The van der Waals surface area contributed by atoms with Gasteiger partial charge in [-0.25, -0.2) is 15.0 Å². The van der Waals surface area contributed by atoms with Gasteiger partial charge in [0.2, 0.25) is 0 Å². The highest BCUT2D eigenvalue weighted by Gasteiger charge is 2.27. The summed E-state index contributed by atoms with van der Waals surface area (Å²) in [5.74, 6) is 1.75. The molecule has 80 heavy (non-hydrogen) atoms. The van der Waals surface area contributed by atoms with E-state index in [4.69, 9.17) is 15.0 Å². The molecular formula is C74H68N6. The summed E-state index contributed by atoms with van der Waals surface area (Å²) in [6, 6.07) is 72.5. The van der Waals surface area contributed by atoms with E-state index in [1.807, 2.05) is 48.5 Å². The van der Waals surface area contributed by atoms with Crippen molar-refractivity contribution in [1.82, 2.24) is 24.1 Å². The molecule has 0 fully saturated rings. The van der Waals surface area contributed by atoms with Gasteiger partial charge in [-0.05, 0) is 152 Å². The molecule has 0 unspecified atom stereocenters. The first-order valence-electron chi connectivity index (χ1n) is 28.0. The van der Waals surface area contributed by atoms with E-state index < -0.39 is 0 Å². The van der Waals surface area contributed by atoms with Crippen LogP contribution in [0.15, 0.2) is 194 Å². The first kappa shape index (κ1) is 51.8. The highest BCUT2D eigenvalue weighted by molar-refractivity contribution is 6.12. The Morgan fingerprint density at radius 1 is 0.325 bits per heavy atom. The second kappa shape index (κ2) is 19.2. The maximum atomic E-state index is 9.92. The molecule has 3 aromatic heterocycles. The second-order valence-corrected chi connectivity index (χ2v) is 25.8. The first-order valence-corrected chi connectivity index (χ1v) is 28.0. The fourth-order valence-corrected chi connectivity index (χ4v) is 11.3. The summed E-state index contributed by atoms with van der Waals surface area (Å²) in [6.07, 6.45) is 0. The Bertz CT molecular complexity index is 4230. The predicted octanol–water partition coefficient (Wildman–Crippen LogP) is 19.5. The minimum Gasteiger partial charge on any atom is -0.309 e. The Morgan fingerprint density at radius 2 is 0.725 bits per heavy atom. The lowest BCUT2D eigenvalue weighted by Gasteiger charge is -2.21. The lowest BCUT2D eigenvalue weighted by molar-refractivity contribution is 0.590. The van der Waals surface area contributed by atoms with Crippen molar-refractivity contribution in [2.24, 2.45) is 0 Å². The molecule has 0 atom stereocenters. The van der Waals surface area contributed by atoms with Crippen LogP contribution in [0.1, 0.15) is 111 Å². The summed E-state index contributed by atoms with van der Waals surface area (Å²) in [7, 11) is 0. The molecule has 0 amide bonds. The highest BCUT2D eigenvalue weighted by atomic mass is 15.0. The minimum atomic E-state index is -0.0648. The van der Waals surface area contributed by atoms with Crippen molar-refractivity contribution in [3.05, 3.63) is 222 Å². The molecule has 12 rings (SSSR count). The molecule has 6 nitrogen and oxygen atoms in total. The van der Waals surface area contributed by atoms with Crippen molar-refractivity contribution in [2.75, 3.05) is 0 Å². The van der Waals surface area contributed by atoms with Gasteiger partial charge in [-0.2, -0.15) is 5.26 Å². The molecule has 0 aliphatic carbocycles. The van der Waals surface area contributed by atoms with Crippen LogP contribution in [0.3, 0.4) is 0 Å². The SMILES string of the molecule is CC(C)(C)c1ccc2c(c1)c1cc(C(C)(C)C)ccc1n2-c1ccc(-c2nc(-c3ccccc3)nc(-c3ccccc3)n2)c(-c2cc(-c3ccc(C#N)cc3)ccc2-n2c3ccc(C(C)(C)C)cc3c3cc(C(C)(C)C)ccc32)c1. The zero-order chi connectivity index (χ0) is 56.0. The third kappa shape index (κ3) is 9.35. The predicted molar refractivity (Wildman–Crippen MR) is 335 cm³/mol. The molecule has 6 heteroatoms. The average Bonchev–Trinajstić information content (AvgIpc) is 3.53. The average molecular weight is 1040 g/mol. The maximum Gasteiger partial charge on any atom is 0.164 e. The third-order valence-corrected chi connectivity index (χ3v) is 16.1. The van der Waals surface area contributed by atoms with Crippen molar-refractivity contribution in [2.45, 2.75) is 105 Å². The van der Waals surface area contributed by atoms with E-state index in [2.05, 4.69) is 244 Å². The molecule has 0 saturated carbocycles. The molecule has 394 valence electrons. The van der Waals surface area contributed by atoms with Crippen molar-refractivity contribution in [1.29, 1.82) is 5.26 Å². The van der Waals surface area contributed by atoms with Gasteiger partial charge in [0.05, 0.1) is 39.4 Å². The van der Waals surface area contributed by atoms with Crippen LogP contribution in [-0.4, -0.2) is 24.1 Å². The number of rotatable bonds is 7. The summed E-state index contributed by atoms with van der Waals surface area (Å²) in [5.41, 5.74) is 18.7. The summed E-state index contributed by atoms with van der Waals surface area (Å²) in [4.78, 5) is 16.0. The Balaban J connectivity index is 1.23. The van der Waals surface area contributed by atoms with E-state index in [-0.39, 0.29) is 21.7 Å². The van der Waals surface area contributed by atoms with Crippen molar-refractivity contribution in [3.63, 3.8) is 0 Å². The molecule has 0 aliphatic rings. The Hall–Kier alpha value is -8.92. The van der Waals surface area contributed by atoms with Gasteiger partial charge in [-0.3, -0.25) is 0 Å². The number of aromatic nitrogens is 5. The van der Waals surface area contributed by atoms with Crippen LogP contribution in [0.5, 0.6) is 0 Å². The normalized spacial score (nSPS) is 12.5. The lowest BCUT2D eigenvalue weighted by atomic mass is 9.85. The number of hydrogen-bond donors (Lipinski definition) is 0. The van der Waals surface area contributed by atoms with Gasteiger partial charge >= 0.3 is 0 Å². The number of nitrogens with zero attached hydrogens (tertiary/aromatic N) is 6. The Morgan fingerprint density at radius 3 is 1.14 bits per heavy atom. The van der Waals surface area contributed by atoms with Gasteiger partial charge in [-0.1, -0.05) is 186 Å². The van der Waals surface area contributed by atoms with Crippen LogP contribution < -0.4 is 0 Å². The Kier molecular flexibility index (Phi) is 12.4. The zero-order valence-corrected chi connectivity index (χ0v) is 48.2. The quantitative estimate of drug-likeness (QED) is 0.159. The number of nitriles is 1. The van der Waals surface area contributed by atoms with E-state index in [0.29, 0.717) is 23.0 Å². The summed E-state index contributed by atoms with van der Waals surface area (Å²) in [6.45, 7) is 27.5. The molecule has 12 aromatic rings. The van der Waals surface area contributed by atoms with Crippen LogP contribution in [0, 0.1) is 11.3 Å². The van der Waals surface area contributed by atoms with Crippen LogP contribution >= 0.6 is 0 Å². The number of fused-ring (bicyclic) bond motifs is 6. The molecule has 0 N–H and O–H groups in total. The smallest absolute Gasteiger partial charge is 0.164 e. The van der Waals surface area contributed by atoms with Gasteiger partial charge < -0.3 is 9.13 Å². The van der Waals surface area contributed by atoms with E-state index in [1.165, 1.54) is 43.8 Å². The number of hydrogen-bond acceptors (Lipinski definition) is 4. The summed E-state index contributed by atoms with van der Waals surface area (Å²) < 4.78 is 4.92. The van der Waals surface area contributed by atoms with Crippen LogP contribution in [0.2, 0.25) is 0 Å². The molecule has 9 aromatic carbocycles. The lowest BCUT2D eigenvalue weighted by Crippen LogP contribution is -2.10. The topological polar surface area (TPSA) is 72.3 Å². The molecule has 0 spiro atoms. The second-order valence-electron chi connectivity index (χ2n) is 25.8. The highest BCUT2D eigenvalue weighted by Crippen LogP contribution is 2.46. The molecule has 0 saturated heterocycles. The summed E-state index contributed by atoms with van der Waals surface area (Å²) >= 11 is 0. The van der Waals surface area contributed by atoms with Gasteiger partial charge in [0.1, 0.15) is 0 Å². The van der Waals surface area contributed by atoms with Gasteiger partial charge in [0.15, 0.2) is 17.5 Å². The first-order chi connectivity index (χ1) is 38.1. The molecule has 3 heterocycles. The fraction of sp³-hybridized carbons (Fsp3) is 0.216. The molecular weight excluding hydrogens is 973 g/mol. The van der Waals surface area contributed by atoms with E-state index in [1.54, 1.807) is 0 Å². The van der Waals surface area contributed by atoms with Crippen molar-refractivity contribution < 1.29 is 0 Å². The van der Waals surface area contributed by atoms with Crippen molar-refractivity contribution >= 4 is 43.6 Å². The van der Waals surface area contributed by atoms with Crippen LogP contribution in [-0.2, 0) is 21.7 Å². The van der Waals surface area contributed by atoms with Crippen LogP contribution in [0.4, 0.5) is 0 Å². The standard InChI is InChI=1S/C74H68N6/c1-71(2,3)51-28-35-63-59(40-51)60-41-52(72(4,5)6)29-36-64(60)79(63)55-32-33-56(70-77-68(48-19-15-13-16-20-48)76-69(78-70)49-21-17-14-18-22-49)57(44-55)58-39-50(47-25-23-46(45-75)24-26-47)27-34-65(58)80-66-37-30-53(73(7,8)9)42-61(66)62-43-54(74(10,11)12)31-38-67(62)80/h13-44H,1-12H3. The third-order valence-electron chi connectivity index (χ3n) is 16.1. The van der Waals surface area contributed by atoms with Gasteiger partial charge in [0, 0.05) is 49.5 Å². The van der Waals surface area contributed by atoms with Crippen molar-refractivity contribution in [3.8, 4) is 73.9 Å². The number of benzene rings is 9. The van der Waals surface area contributed by atoms with Gasteiger partial charge in [0.25, 0.3) is 0 Å². The molecule has 0 radical (unpaired) electrons. The molecule has 0 aliphatic heterocycles. The monoisotopic (exact) mass is 1040 g/mol. The van der Waals surface area contributed by atoms with Crippen LogP contribution in [0.25, 0.3) is 111 Å². The van der Waals surface area contributed by atoms with E-state index in [9.17, 15) is 5.26 Å². The molecule has 0 bridgehead atoms. The minimum absolute atomic E-state index is 0.0490. The van der Waals surface area contributed by atoms with Gasteiger partial charge in [-0.15, -0.1) is 0 Å². The Labute approximate surface area is 471 Å². The summed E-state index contributed by atoms with van der Waals surface area (Å²) in [5, 5.41) is 14.8. The van der Waals surface area contributed by atoms with E-state index >= 15 is 0 Å². The van der Waals surface area contributed by atoms with E-state index in [0.717, 1.165) is 72.4 Å². The maximum absolute atomic E-state index is 9.92.